The molecule has 5 atom stereocenters. The van der Waals surface area contributed by atoms with Crippen LogP contribution in [0, 0.1) is 5.92 Å². The topological polar surface area (TPSA) is 237 Å². The van der Waals surface area contributed by atoms with E-state index in [1.807, 2.05) is 0 Å². The number of aliphatic hydroxyl groups is 1. The standard InChI is InChI=1S/C68H132O17P2/c1-6-9-12-15-18-20-22-23-24-25-26-27-28-29-30-31-33-38-44-49-54-68(73)85-64(58-79-66(71)52-47-42-39-34-36-40-45-50-61(4)5)60-83-87(76,77)81-56-62(69)55-80-86(74,75)82-59-63(57-78-65(70)51-46-41-35-17-14-11-8-3)84-67(72)53-48-43-37-32-21-19-16-13-10-7-2/h61-64,69H,6-60H2,1-5H3,(H,74,75)(H,76,77)/t62-,63+,64+/m0/s1. The van der Waals surface area contributed by atoms with Crippen molar-refractivity contribution in [2.75, 3.05) is 39.6 Å². The number of rotatable bonds is 68. The Morgan fingerprint density at radius 2 is 0.529 bits per heavy atom. The molecular formula is C68H132O17P2. The highest BCUT2D eigenvalue weighted by Crippen LogP contribution is 2.45. The Labute approximate surface area is 530 Å². The number of ether oxygens (including phenoxy) is 4. The fraction of sp³-hybridized carbons (Fsp3) is 0.941. The van der Waals surface area contributed by atoms with Crippen molar-refractivity contribution >= 4 is 39.5 Å². The van der Waals surface area contributed by atoms with Gasteiger partial charge in [-0.05, 0) is 31.6 Å². The largest absolute Gasteiger partial charge is 0.472 e. The van der Waals surface area contributed by atoms with Gasteiger partial charge < -0.3 is 33.8 Å². The molecule has 0 fully saturated rings. The molecule has 0 aliphatic carbocycles. The Morgan fingerprint density at radius 1 is 0.310 bits per heavy atom. The second-order valence-electron chi connectivity index (χ2n) is 25.0. The Balaban J connectivity index is 5.13. The van der Waals surface area contributed by atoms with E-state index in [9.17, 15) is 43.2 Å². The summed E-state index contributed by atoms with van der Waals surface area (Å²) in [4.78, 5) is 72.2. The first-order chi connectivity index (χ1) is 42.0. The Bertz CT molecular complexity index is 1690. The van der Waals surface area contributed by atoms with Gasteiger partial charge in [-0.25, -0.2) is 9.13 Å². The van der Waals surface area contributed by atoms with E-state index in [4.69, 9.17) is 37.0 Å². The minimum atomic E-state index is -4.95. The highest BCUT2D eigenvalue weighted by atomic mass is 31.2. The van der Waals surface area contributed by atoms with Crippen molar-refractivity contribution in [3.8, 4) is 0 Å². The van der Waals surface area contributed by atoms with Crippen molar-refractivity contribution in [1.82, 2.24) is 0 Å². The van der Waals surface area contributed by atoms with E-state index in [0.717, 1.165) is 109 Å². The van der Waals surface area contributed by atoms with Crippen LogP contribution in [0.5, 0.6) is 0 Å². The monoisotopic (exact) mass is 1280 g/mol. The second kappa shape index (κ2) is 61.6. The fourth-order valence-corrected chi connectivity index (χ4v) is 11.9. The molecule has 0 aromatic heterocycles. The maximum absolute atomic E-state index is 13.0. The van der Waals surface area contributed by atoms with E-state index in [2.05, 4.69) is 34.6 Å². The number of unbranched alkanes of at least 4 members (excludes halogenated alkanes) is 40. The molecule has 3 N–H and O–H groups in total. The molecule has 0 amide bonds. The first-order valence-corrected chi connectivity index (χ1v) is 38.6. The van der Waals surface area contributed by atoms with E-state index in [0.29, 0.717) is 31.6 Å². The van der Waals surface area contributed by atoms with Gasteiger partial charge >= 0.3 is 39.5 Å². The molecule has 0 aliphatic rings. The summed E-state index contributed by atoms with van der Waals surface area (Å²) in [6.45, 7) is 7.12. The normalized spacial score (nSPS) is 14.1. The van der Waals surface area contributed by atoms with Gasteiger partial charge in [0.15, 0.2) is 12.2 Å². The molecule has 87 heavy (non-hydrogen) atoms. The number of esters is 4. The number of carbonyl (C=O) groups is 4. The molecular weight excluding hydrogens is 1150 g/mol. The lowest BCUT2D eigenvalue weighted by Gasteiger charge is -2.21. The maximum Gasteiger partial charge on any atom is 0.472 e. The van der Waals surface area contributed by atoms with Crippen LogP contribution in [0.15, 0.2) is 0 Å². The summed E-state index contributed by atoms with van der Waals surface area (Å²) < 4.78 is 68.0. The number of hydrogen-bond acceptors (Lipinski definition) is 15. The minimum absolute atomic E-state index is 0.106. The van der Waals surface area contributed by atoms with Crippen LogP contribution < -0.4 is 0 Å². The lowest BCUT2D eigenvalue weighted by molar-refractivity contribution is -0.161. The summed E-state index contributed by atoms with van der Waals surface area (Å²) >= 11 is 0. The number of phosphoric acid groups is 2. The predicted molar refractivity (Wildman–Crippen MR) is 349 cm³/mol. The van der Waals surface area contributed by atoms with Gasteiger partial charge in [-0.2, -0.15) is 0 Å². The SMILES string of the molecule is CCCCCCCCCCCCCCCCCCCCCCC(=O)O[C@H](COC(=O)CCCCCCCCCC(C)C)COP(=O)(O)OC[C@@H](O)COP(=O)(O)OC[C@@H](COC(=O)CCCCCCCCC)OC(=O)CCCCCCCCCCCC. The van der Waals surface area contributed by atoms with Gasteiger partial charge in [-0.3, -0.25) is 37.3 Å². The third-order valence-electron chi connectivity index (χ3n) is 15.8. The van der Waals surface area contributed by atoms with E-state index in [1.165, 1.54) is 154 Å². The van der Waals surface area contributed by atoms with Gasteiger partial charge in [-0.15, -0.1) is 0 Å². The molecule has 19 heteroatoms. The van der Waals surface area contributed by atoms with Gasteiger partial charge in [0.1, 0.15) is 19.3 Å². The Morgan fingerprint density at radius 3 is 0.782 bits per heavy atom. The molecule has 0 aromatic carbocycles. The summed E-state index contributed by atoms with van der Waals surface area (Å²) in [5.41, 5.74) is 0. The van der Waals surface area contributed by atoms with E-state index < -0.39 is 97.5 Å². The van der Waals surface area contributed by atoms with Crippen LogP contribution in [0.2, 0.25) is 0 Å². The third kappa shape index (κ3) is 62.6. The zero-order chi connectivity index (χ0) is 64.2. The van der Waals surface area contributed by atoms with Gasteiger partial charge in [0.2, 0.25) is 0 Å². The van der Waals surface area contributed by atoms with Crippen LogP contribution in [0.3, 0.4) is 0 Å². The van der Waals surface area contributed by atoms with Crippen LogP contribution in [0.1, 0.15) is 349 Å². The lowest BCUT2D eigenvalue weighted by atomic mass is 10.0. The number of phosphoric ester groups is 2. The quantitative estimate of drug-likeness (QED) is 0.0222. The van der Waals surface area contributed by atoms with Crippen LogP contribution >= 0.6 is 15.6 Å². The van der Waals surface area contributed by atoms with E-state index >= 15 is 0 Å². The zero-order valence-electron chi connectivity index (χ0n) is 56.2. The van der Waals surface area contributed by atoms with Gasteiger partial charge in [0.25, 0.3) is 0 Å². The van der Waals surface area contributed by atoms with Crippen molar-refractivity contribution < 1.29 is 80.2 Å². The predicted octanol–water partition coefficient (Wildman–Crippen LogP) is 19.4. The van der Waals surface area contributed by atoms with Gasteiger partial charge in [0, 0.05) is 25.7 Å². The van der Waals surface area contributed by atoms with E-state index in [-0.39, 0.29) is 25.7 Å². The third-order valence-corrected chi connectivity index (χ3v) is 17.7. The average Bonchev–Trinajstić information content (AvgIpc) is 3.66. The smallest absolute Gasteiger partial charge is 0.462 e. The highest BCUT2D eigenvalue weighted by Gasteiger charge is 2.30. The summed E-state index contributed by atoms with van der Waals surface area (Å²) in [6, 6.07) is 0. The van der Waals surface area contributed by atoms with Crippen LogP contribution in [-0.2, 0) is 65.4 Å². The van der Waals surface area contributed by atoms with Crippen molar-refractivity contribution in [2.45, 2.75) is 368 Å². The zero-order valence-corrected chi connectivity index (χ0v) is 57.9. The van der Waals surface area contributed by atoms with Crippen LogP contribution in [0.4, 0.5) is 0 Å². The molecule has 0 radical (unpaired) electrons. The summed E-state index contributed by atoms with van der Waals surface area (Å²) in [7, 11) is -9.89. The number of aliphatic hydroxyl groups excluding tert-OH is 1. The highest BCUT2D eigenvalue weighted by molar-refractivity contribution is 7.47. The molecule has 0 saturated heterocycles. The lowest BCUT2D eigenvalue weighted by Crippen LogP contribution is -2.30. The average molecular weight is 1280 g/mol. The summed E-state index contributed by atoms with van der Waals surface area (Å²) in [5.74, 6) is -1.43. The fourth-order valence-electron chi connectivity index (χ4n) is 10.3. The second-order valence-corrected chi connectivity index (χ2v) is 27.9. The van der Waals surface area contributed by atoms with Crippen molar-refractivity contribution in [3.63, 3.8) is 0 Å². The summed E-state index contributed by atoms with van der Waals surface area (Å²) in [5, 5.41) is 10.5. The molecule has 516 valence electrons. The molecule has 0 aromatic rings. The molecule has 2 unspecified atom stereocenters. The van der Waals surface area contributed by atoms with Crippen LogP contribution in [-0.4, -0.2) is 96.7 Å². The van der Waals surface area contributed by atoms with Gasteiger partial charge in [0.05, 0.1) is 26.4 Å². The maximum atomic E-state index is 13.0. The Kier molecular flexibility index (Phi) is 60.2. The molecule has 0 aliphatic heterocycles. The first-order valence-electron chi connectivity index (χ1n) is 35.6. The Hall–Kier alpha value is -1.94. The number of carbonyl (C=O) groups excluding carboxylic acids is 4. The van der Waals surface area contributed by atoms with E-state index in [1.54, 1.807) is 0 Å². The summed E-state index contributed by atoms with van der Waals surface area (Å²) in [6.07, 6.45) is 47.5. The minimum Gasteiger partial charge on any atom is -0.462 e. The molecule has 0 heterocycles. The number of hydrogen-bond donors (Lipinski definition) is 3. The van der Waals surface area contributed by atoms with Crippen molar-refractivity contribution in [2.24, 2.45) is 5.92 Å². The van der Waals surface area contributed by atoms with Crippen molar-refractivity contribution in [3.05, 3.63) is 0 Å². The first kappa shape index (κ1) is 85.1. The molecule has 0 rings (SSSR count). The molecule has 0 bridgehead atoms. The van der Waals surface area contributed by atoms with Crippen molar-refractivity contribution in [1.29, 1.82) is 0 Å². The molecule has 0 saturated carbocycles. The molecule has 0 spiro atoms. The van der Waals surface area contributed by atoms with Gasteiger partial charge in [-0.1, -0.05) is 298 Å². The molecule has 17 nitrogen and oxygen atoms in total. The van der Waals surface area contributed by atoms with Crippen LogP contribution in [0.25, 0.3) is 0 Å².